The molecule has 94 valence electrons. The zero-order chi connectivity index (χ0) is 12.8. The van der Waals surface area contributed by atoms with E-state index >= 15 is 0 Å². The molecule has 0 saturated carbocycles. The van der Waals surface area contributed by atoms with Gasteiger partial charge in [0.1, 0.15) is 0 Å². The van der Waals surface area contributed by atoms with E-state index in [1.54, 1.807) is 0 Å². The molecule has 2 radical (unpaired) electrons. The Morgan fingerprint density at radius 2 is 2.22 bits per heavy atom. The molecule has 0 spiro atoms. The summed E-state index contributed by atoms with van der Waals surface area (Å²) in [4.78, 5) is 2.36. The van der Waals surface area contributed by atoms with E-state index in [0.717, 1.165) is 19.5 Å². The smallest absolute Gasteiger partial charge is 0.0920 e. The number of nitrogens with one attached hydrogen (secondary N) is 1. The molecular weight excluding hydrogens is 239 g/mol. The molecule has 1 N–H and O–H groups in total. The first-order valence-corrected chi connectivity index (χ1v) is 7.09. The van der Waals surface area contributed by atoms with Crippen molar-refractivity contribution in [1.82, 2.24) is 4.90 Å². The third-order valence-electron chi connectivity index (χ3n) is 4.45. The van der Waals surface area contributed by atoms with E-state index in [1.165, 1.54) is 17.7 Å². The van der Waals surface area contributed by atoms with Gasteiger partial charge < -0.3 is 10.2 Å². The first-order valence-electron chi connectivity index (χ1n) is 6.65. The normalized spacial score (nSPS) is 30.8. The summed E-state index contributed by atoms with van der Waals surface area (Å²) in [5, 5.41) is 3.45. The predicted molar refractivity (Wildman–Crippen MR) is 80.8 cm³/mol. The number of benzene rings is 1. The molecule has 0 bridgehead atoms. The number of anilines is 1. The SMILES string of the molecule is [B]C(S)(C1CNc2ccccc21)C1CCCN1C. The Morgan fingerprint density at radius 3 is 2.94 bits per heavy atom. The maximum atomic E-state index is 6.62. The van der Waals surface area contributed by atoms with Crippen LogP contribution in [0.25, 0.3) is 0 Å². The topological polar surface area (TPSA) is 15.3 Å². The standard InChI is InChI=1S/C14H19BN2S/c1-17-8-4-7-13(17)14(15,18)11-9-16-12-6-3-2-5-10(11)12/h2-3,5-6,11,13,16,18H,4,7-9H2,1H3. The fourth-order valence-corrected chi connectivity index (χ4v) is 3.98. The Morgan fingerprint density at radius 1 is 1.44 bits per heavy atom. The van der Waals surface area contributed by atoms with Gasteiger partial charge in [-0.15, -0.1) is 0 Å². The Balaban J connectivity index is 1.91. The molecule has 2 aliphatic heterocycles. The Bertz CT molecular complexity index is 449. The highest BCUT2D eigenvalue weighted by Gasteiger charge is 2.44. The van der Waals surface area contributed by atoms with Crippen molar-refractivity contribution in [3.05, 3.63) is 29.8 Å². The zero-order valence-corrected chi connectivity index (χ0v) is 11.7. The van der Waals surface area contributed by atoms with E-state index < -0.39 is 4.65 Å². The lowest BCUT2D eigenvalue weighted by molar-refractivity contribution is 0.276. The van der Waals surface area contributed by atoms with Crippen LogP contribution >= 0.6 is 12.6 Å². The van der Waals surface area contributed by atoms with Crippen molar-refractivity contribution in [2.75, 3.05) is 25.5 Å². The third-order valence-corrected chi connectivity index (χ3v) is 5.06. The largest absolute Gasteiger partial charge is 0.384 e. The lowest BCUT2D eigenvalue weighted by atomic mass is 9.68. The highest BCUT2D eigenvalue weighted by atomic mass is 32.1. The molecule has 2 heterocycles. The second-order valence-electron chi connectivity index (χ2n) is 5.55. The van der Waals surface area contributed by atoms with Crippen LogP contribution in [-0.4, -0.2) is 43.6 Å². The van der Waals surface area contributed by atoms with E-state index in [-0.39, 0.29) is 5.92 Å². The van der Waals surface area contributed by atoms with E-state index in [9.17, 15) is 0 Å². The number of hydrogen-bond acceptors (Lipinski definition) is 3. The second kappa shape index (κ2) is 4.50. The first-order chi connectivity index (χ1) is 8.60. The maximum absolute atomic E-state index is 6.62. The molecule has 4 heteroatoms. The van der Waals surface area contributed by atoms with Crippen LogP contribution in [0.3, 0.4) is 0 Å². The monoisotopic (exact) mass is 258 g/mol. The van der Waals surface area contributed by atoms with Crippen LogP contribution < -0.4 is 5.32 Å². The van der Waals surface area contributed by atoms with E-state index in [2.05, 4.69) is 41.5 Å². The summed E-state index contributed by atoms with van der Waals surface area (Å²) in [5.41, 5.74) is 2.53. The van der Waals surface area contributed by atoms with Crippen molar-refractivity contribution in [1.29, 1.82) is 0 Å². The number of nitrogens with zero attached hydrogens (tertiary/aromatic N) is 1. The van der Waals surface area contributed by atoms with Gasteiger partial charge in [0.05, 0.1) is 7.85 Å². The van der Waals surface area contributed by atoms with Crippen molar-refractivity contribution < 1.29 is 0 Å². The molecule has 3 atom stereocenters. The quantitative estimate of drug-likeness (QED) is 0.623. The van der Waals surface area contributed by atoms with E-state index in [1.807, 2.05) is 0 Å². The molecule has 1 aromatic rings. The van der Waals surface area contributed by atoms with Gasteiger partial charge in [-0.3, -0.25) is 0 Å². The van der Waals surface area contributed by atoms with Crippen LogP contribution in [0.15, 0.2) is 24.3 Å². The summed E-state index contributed by atoms with van der Waals surface area (Å²) in [5.74, 6) is 0.280. The van der Waals surface area contributed by atoms with Gasteiger partial charge in [0.2, 0.25) is 0 Å². The summed E-state index contributed by atoms with van der Waals surface area (Å²) >= 11 is 4.86. The van der Waals surface area contributed by atoms with Crippen LogP contribution in [0.1, 0.15) is 24.3 Å². The first kappa shape index (κ1) is 12.4. The van der Waals surface area contributed by atoms with Gasteiger partial charge in [-0.2, -0.15) is 12.6 Å². The van der Waals surface area contributed by atoms with Crippen molar-refractivity contribution in [2.45, 2.75) is 29.4 Å². The summed E-state index contributed by atoms with van der Waals surface area (Å²) in [6, 6.07) is 8.80. The van der Waals surface area contributed by atoms with Crippen molar-refractivity contribution in [2.24, 2.45) is 0 Å². The van der Waals surface area contributed by atoms with E-state index in [0.29, 0.717) is 6.04 Å². The van der Waals surface area contributed by atoms with Crippen LogP contribution in [-0.2, 0) is 0 Å². The molecule has 0 aliphatic carbocycles. The average molecular weight is 258 g/mol. The molecule has 0 aromatic heterocycles. The van der Waals surface area contributed by atoms with Gasteiger partial charge in [-0.05, 0) is 42.7 Å². The summed E-state index contributed by atoms with van der Waals surface area (Å²) in [6.07, 6.45) is 2.37. The third kappa shape index (κ3) is 1.86. The molecule has 2 aliphatic rings. The molecule has 3 unspecified atom stereocenters. The Labute approximate surface area is 116 Å². The van der Waals surface area contributed by atoms with Gasteiger partial charge >= 0.3 is 0 Å². The maximum Gasteiger partial charge on any atom is 0.0920 e. The molecule has 1 fully saturated rings. The number of fused-ring (bicyclic) bond motifs is 1. The van der Waals surface area contributed by atoms with E-state index in [4.69, 9.17) is 20.5 Å². The predicted octanol–water partition coefficient (Wildman–Crippen LogP) is 2.08. The minimum atomic E-state index is -0.467. The molecular formula is C14H19BN2S. The molecule has 1 aromatic carbocycles. The minimum absolute atomic E-state index is 0.280. The summed E-state index contributed by atoms with van der Waals surface area (Å²) in [6.45, 7) is 2.02. The number of thiol groups is 1. The lowest BCUT2D eigenvalue weighted by Crippen LogP contribution is -2.49. The van der Waals surface area contributed by atoms with Gasteiger partial charge in [0.25, 0.3) is 0 Å². The minimum Gasteiger partial charge on any atom is -0.384 e. The molecule has 1 saturated heterocycles. The summed E-state index contributed by atoms with van der Waals surface area (Å²) in [7, 11) is 8.77. The van der Waals surface area contributed by atoms with Gasteiger partial charge in [0.15, 0.2) is 0 Å². The molecule has 18 heavy (non-hydrogen) atoms. The Kier molecular flexibility index (Phi) is 3.11. The fourth-order valence-electron chi connectivity index (χ4n) is 3.42. The second-order valence-corrected chi connectivity index (χ2v) is 6.32. The number of para-hydroxylation sites is 1. The van der Waals surface area contributed by atoms with Gasteiger partial charge in [-0.25, -0.2) is 0 Å². The van der Waals surface area contributed by atoms with Crippen molar-refractivity contribution >= 4 is 26.2 Å². The van der Waals surface area contributed by atoms with Crippen LogP contribution in [0, 0.1) is 0 Å². The molecule has 2 nitrogen and oxygen atoms in total. The summed E-state index contributed by atoms with van der Waals surface area (Å²) < 4.78 is -0.467. The van der Waals surface area contributed by atoms with Crippen molar-refractivity contribution in [3.63, 3.8) is 0 Å². The van der Waals surface area contributed by atoms with Gasteiger partial charge in [-0.1, -0.05) is 18.2 Å². The van der Waals surface area contributed by atoms with Crippen LogP contribution in [0.4, 0.5) is 5.69 Å². The number of rotatable bonds is 2. The average Bonchev–Trinajstić information content (AvgIpc) is 2.95. The molecule has 3 rings (SSSR count). The highest BCUT2D eigenvalue weighted by Crippen LogP contribution is 2.44. The highest BCUT2D eigenvalue weighted by molar-refractivity contribution is 7.83. The molecule has 0 amide bonds. The lowest BCUT2D eigenvalue weighted by Gasteiger charge is -2.40. The number of likely N-dealkylation sites (tertiary alicyclic amines) is 1. The van der Waals surface area contributed by atoms with Crippen LogP contribution in [0.5, 0.6) is 0 Å². The fraction of sp³-hybridized carbons (Fsp3) is 0.571. The zero-order valence-electron chi connectivity index (χ0n) is 10.8. The Hall–Kier alpha value is -0.605. The van der Waals surface area contributed by atoms with Gasteiger partial charge in [0, 0.05) is 24.2 Å². The number of hydrogen-bond donors (Lipinski definition) is 2. The van der Waals surface area contributed by atoms with Crippen molar-refractivity contribution in [3.8, 4) is 0 Å². The van der Waals surface area contributed by atoms with Crippen LogP contribution in [0.2, 0.25) is 0 Å².